The molecule has 0 radical (unpaired) electrons. The molecular formula is C24H19ClN8O2. The van der Waals surface area contributed by atoms with E-state index in [1.165, 1.54) is 11.6 Å². The van der Waals surface area contributed by atoms with Crippen molar-refractivity contribution in [1.82, 2.24) is 29.3 Å². The molecule has 0 saturated heterocycles. The Morgan fingerprint density at radius 2 is 2.06 bits per heavy atom. The number of carbonyl (C=O) groups is 1. The van der Waals surface area contributed by atoms with Gasteiger partial charge in [0.15, 0.2) is 28.9 Å². The molecule has 10 nitrogen and oxygen atoms in total. The van der Waals surface area contributed by atoms with Crippen molar-refractivity contribution in [3.8, 4) is 23.5 Å². The van der Waals surface area contributed by atoms with Gasteiger partial charge in [0.05, 0.1) is 23.7 Å². The quantitative estimate of drug-likeness (QED) is 0.332. The van der Waals surface area contributed by atoms with E-state index >= 15 is 0 Å². The number of Topliss-reactive ketones (excluding diaryl/α,β-unsaturated/α-hetero) is 1. The van der Waals surface area contributed by atoms with Crippen LogP contribution in [0.25, 0.3) is 22.7 Å². The fourth-order valence-electron chi connectivity index (χ4n) is 3.83. The molecular weight excluding hydrogens is 468 g/mol. The van der Waals surface area contributed by atoms with Crippen LogP contribution < -0.4 is 10.1 Å². The van der Waals surface area contributed by atoms with Gasteiger partial charge in [-0.15, -0.1) is 0 Å². The van der Waals surface area contributed by atoms with E-state index in [1.807, 2.05) is 28.8 Å². The van der Waals surface area contributed by atoms with Gasteiger partial charge in [0, 0.05) is 17.4 Å². The molecule has 2 N–H and O–H groups in total. The van der Waals surface area contributed by atoms with Crippen LogP contribution >= 0.6 is 11.6 Å². The molecule has 4 heterocycles. The number of hydrogen-bond acceptors (Lipinski definition) is 7. The lowest BCUT2D eigenvalue weighted by Crippen LogP contribution is -2.11. The molecule has 0 saturated carbocycles. The third-order valence-electron chi connectivity index (χ3n) is 5.47. The van der Waals surface area contributed by atoms with Gasteiger partial charge in [-0.3, -0.25) is 9.36 Å². The third-order valence-corrected chi connectivity index (χ3v) is 5.68. The van der Waals surface area contributed by atoms with Gasteiger partial charge < -0.3 is 15.0 Å². The molecule has 0 aliphatic heterocycles. The van der Waals surface area contributed by atoms with Gasteiger partial charge in [0.25, 0.3) is 0 Å². The van der Waals surface area contributed by atoms with Gasteiger partial charge in [-0.1, -0.05) is 11.6 Å². The van der Waals surface area contributed by atoms with E-state index in [4.69, 9.17) is 21.3 Å². The van der Waals surface area contributed by atoms with Crippen molar-refractivity contribution in [1.29, 1.82) is 5.26 Å². The first-order chi connectivity index (χ1) is 16.9. The lowest BCUT2D eigenvalue weighted by molar-refractivity contribution is 0.101. The number of nitrogens with one attached hydrogen (secondary N) is 2. The maximum atomic E-state index is 12.3. The monoisotopic (exact) mass is 486 g/mol. The zero-order valence-corrected chi connectivity index (χ0v) is 19.8. The maximum Gasteiger partial charge on any atom is 0.166 e. The number of aryl methyl sites for hydroxylation is 1. The summed E-state index contributed by atoms with van der Waals surface area (Å²) in [4.78, 5) is 24.5. The van der Waals surface area contributed by atoms with E-state index in [2.05, 4.69) is 20.4 Å². The Morgan fingerprint density at radius 3 is 2.77 bits per heavy atom. The number of halogens is 1. The van der Waals surface area contributed by atoms with Crippen molar-refractivity contribution >= 4 is 39.9 Å². The first kappa shape index (κ1) is 22.2. The number of aromatic amines is 1. The van der Waals surface area contributed by atoms with E-state index in [-0.39, 0.29) is 11.5 Å². The number of aromatic nitrogens is 6. The van der Waals surface area contributed by atoms with Crippen LogP contribution in [0.3, 0.4) is 0 Å². The summed E-state index contributed by atoms with van der Waals surface area (Å²) in [7, 11) is 1.57. The molecule has 5 aromatic rings. The van der Waals surface area contributed by atoms with E-state index < -0.39 is 0 Å². The van der Waals surface area contributed by atoms with Crippen LogP contribution in [0.4, 0.5) is 11.5 Å². The maximum absolute atomic E-state index is 12.3. The number of rotatable bonds is 6. The summed E-state index contributed by atoms with van der Waals surface area (Å²) in [6.07, 6.45) is 1.66. The number of H-pyrrole nitrogens is 1. The number of pyridine rings is 1. The molecule has 35 heavy (non-hydrogen) atoms. The first-order valence-corrected chi connectivity index (χ1v) is 10.9. The lowest BCUT2D eigenvalue weighted by Gasteiger charge is -2.12. The summed E-state index contributed by atoms with van der Waals surface area (Å²) in [5, 5.41) is 17.2. The number of imidazole rings is 1. The Morgan fingerprint density at radius 1 is 1.23 bits per heavy atom. The Bertz CT molecular complexity index is 1640. The van der Waals surface area contributed by atoms with Crippen LogP contribution in [0, 0.1) is 18.3 Å². The lowest BCUT2D eigenvalue weighted by atomic mass is 10.2. The first-order valence-electron chi connectivity index (χ1n) is 10.5. The molecule has 0 bridgehead atoms. The number of benzene rings is 1. The third kappa shape index (κ3) is 3.98. The molecule has 5 rings (SSSR count). The molecule has 0 fully saturated rings. The summed E-state index contributed by atoms with van der Waals surface area (Å²) >= 11 is 6.04. The summed E-state index contributed by atoms with van der Waals surface area (Å²) < 4.78 is 8.65. The molecule has 4 aromatic heterocycles. The highest BCUT2D eigenvalue weighted by Gasteiger charge is 2.17. The number of fused-ring (bicyclic) bond motifs is 1. The molecule has 0 aliphatic carbocycles. The Kier molecular flexibility index (Phi) is 5.47. The number of hydrogen-bond donors (Lipinski definition) is 2. The van der Waals surface area contributed by atoms with E-state index in [1.54, 1.807) is 44.6 Å². The van der Waals surface area contributed by atoms with Crippen molar-refractivity contribution in [2.75, 3.05) is 12.4 Å². The van der Waals surface area contributed by atoms with Crippen LogP contribution in [-0.4, -0.2) is 42.2 Å². The van der Waals surface area contributed by atoms with Crippen LogP contribution in [0.1, 0.15) is 28.7 Å². The van der Waals surface area contributed by atoms with Crippen LogP contribution in [-0.2, 0) is 0 Å². The average molecular weight is 487 g/mol. The molecule has 0 amide bonds. The fourth-order valence-corrected chi connectivity index (χ4v) is 4.02. The largest absolute Gasteiger partial charge is 0.493 e. The minimum absolute atomic E-state index is 0.154. The standard InChI is InChI=1S/C24H19ClN8O2/c1-13-8-16(11-26)31-33(13)24-17(14(2)34)5-7-22(30-24)32-12-27-18-9-15(4-6-19(18)32)28-23-20(35-3)10-21(25)29-23/h4-10,12,28-29H,1-3H3. The predicted octanol–water partition coefficient (Wildman–Crippen LogP) is 4.72. The smallest absolute Gasteiger partial charge is 0.166 e. The average Bonchev–Trinajstić information content (AvgIpc) is 3.54. The van der Waals surface area contributed by atoms with E-state index in [0.29, 0.717) is 39.6 Å². The Balaban J connectivity index is 1.56. The predicted molar refractivity (Wildman–Crippen MR) is 131 cm³/mol. The van der Waals surface area contributed by atoms with Crippen LogP contribution in [0.15, 0.2) is 48.8 Å². The van der Waals surface area contributed by atoms with Crippen LogP contribution in [0.5, 0.6) is 5.75 Å². The van der Waals surface area contributed by atoms with Gasteiger partial charge in [-0.2, -0.15) is 10.4 Å². The number of nitriles is 1. The zero-order valence-electron chi connectivity index (χ0n) is 19.0. The Labute approximate surface area is 204 Å². The van der Waals surface area contributed by atoms with Crippen molar-refractivity contribution in [2.45, 2.75) is 13.8 Å². The highest BCUT2D eigenvalue weighted by molar-refractivity contribution is 6.30. The minimum Gasteiger partial charge on any atom is -0.493 e. The van der Waals surface area contributed by atoms with Crippen molar-refractivity contribution in [3.05, 3.63) is 70.9 Å². The topological polar surface area (TPSA) is 126 Å². The molecule has 0 spiro atoms. The molecule has 1 aromatic carbocycles. The molecule has 0 aliphatic rings. The molecule has 174 valence electrons. The van der Waals surface area contributed by atoms with Crippen molar-refractivity contribution in [2.24, 2.45) is 0 Å². The normalized spacial score (nSPS) is 10.9. The van der Waals surface area contributed by atoms with Crippen molar-refractivity contribution in [3.63, 3.8) is 0 Å². The highest BCUT2D eigenvalue weighted by Crippen LogP contribution is 2.31. The van der Waals surface area contributed by atoms with Gasteiger partial charge in [-0.25, -0.2) is 14.6 Å². The number of carbonyl (C=O) groups excluding carboxylic acids is 1. The second-order valence-corrected chi connectivity index (χ2v) is 8.20. The van der Waals surface area contributed by atoms with E-state index in [9.17, 15) is 10.1 Å². The Hall–Kier alpha value is -4.62. The van der Waals surface area contributed by atoms with Gasteiger partial charge in [0.1, 0.15) is 23.4 Å². The minimum atomic E-state index is -0.154. The van der Waals surface area contributed by atoms with Gasteiger partial charge in [-0.05, 0) is 50.2 Å². The molecule has 0 atom stereocenters. The number of ketones is 1. The van der Waals surface area contributed by atoms with Crippen molar-refractivity contribution < 1.29 is 9.53 Å². The van der Waals surface area contributed by atoms with Gasteiger partial charge >= 0.3 is 0 Å². The summed E-state index contributed by atoms with van der Waals surface area (Å²) in [6.45, 7) is 3.28. The SMILES string of the molecule is COc1cc(Cl)[nH]c1Nc1ccc2c(c1)ncn2-c1ccc(C(C)=O)c(-n2nc(C#N)cc2C)n1. The number of nitrogens with zero attached hydrogens (tertiary/aromatic N) is 6. The highest BCUT2D eigenvalue weighted by atomic mass is 35.5. The number of anilines is 2. The zero-order chi connectivity index (χ0) is 24.7. The molecule has 11 heteroatoms. The summed E-state index contributed by atoms with van der Waals surface area (Å²) in [6, 6.07) is 14.5. The summed E-state index contributed by atoms with van der Waals surface area (Å²) in [5.74, 6) is 1.98. The van der Waals surface area contributed by atoms with Gasteiger partial charge in [0.2, 0.25) is 0 Å². The number of methoxy groups -OCH3 is 1. The fraction of sp³-hybridized carbons (Fsp3) is 0.125. The number of ether oxygens (including phenoxy) is 1. The summed E-state index contributed by atoms with van der Waals surface area (Å²) in [5.41, 5.74) is 3.68. The van der Waals surface area contributed by atoms with E-state index in [0.717, 1.165) is 16.7 Å². The second kappa shape index (κ2) is 8.62. The van der Waals surface area contributed by atoms with Crippen LogP contribution in [0.2, 0.25) is 5.15 Å². The molecule has 0 unspecified atom stereocenters. The second-order valence-electron chi connectivity index (χ2n) is 7.80.